The van der Waals surface area contributed by atoms with Gasteiger partial charge in [0, 0.05) is 25.0 Å². The van der Waals surface area contributed by atoms with Crippen LogP contribution in [-0.4, -0.2) is 33.5 Å². The molecule has 3 rings (SSSR count). The van der Waals surface area contributed by atoms with Crippen molar-refractivity contribution >= 4 is 44.8 Å². The van der Waals surface area contributed by atoms with Crippen molar-refractivity contribution in [2.75, 3.05) is 18.9 Å². The van der Waals surface area contributed by atoms with Gasteiger partial charge in [0.05, 0.1) is 40.4 Å². The summed E-state index contributed by atoms with van der Waals surface area (Å²) in [6.07, 6.45) is 3.23. The SMILES string of the molecule is COc1cc(OC)c(NS(=O)(=O)c2ccc(Cl)c(C(=O)NCc3cccnc3)c2)cc1Cl. The van der Waals surface area contributed by atoms with Crippen molar-refractivity contribution in [2.24, 2.45) is 0 Å². The van der Waals surface area contributed by atoms with Crippen LogP contribution in [0.15, 0.2) is 59.8 Å². The quantitative estimate of drug-likeness (QED) is 0.486. The third-order valence-corrected chi connectivity index (χ3v) is 6.37. The van der Waals surface area contributed by atoms with Crippen LogP contribution in [-0.2, 0) is 16.6 Å². The molecule has 0 saturated carbocycles. The lowest BCUT2D eigenvalue weighted by atomic mass is 10.2. The topological polar surface area (TPSA) is 107 Å². The van der Waals surface area contributed by atoms with E-state index in [0.29, 0.717) is 5.75 Å². The number of methoxy groups -OCH3 is 2. The molecule has 2 N–H and O–H groups in total. The van der Waals surface area contributed by atoms with Crippen LogP contribution in [0.4, 0.5) is 5.69 Å². The number of pyridine rings is 1. The summed E-state index contributed by atoms with van der Waals surface area (Å²) in [5, 5.41) is 2.99. The Morgan fingerprint density at radius 2 is 1.78 bits per heavy atom. The maximum Gasteiger partial charge on any atom is 0.262 e. The van der Waals surface area contributed by atoms with Crippen molar-refractivity contribution in [2.45, 2.75) is 11.4 Å². The molecule has 8 nitrogen and oxygen atoms in total. The van der Waals surface area contributed by atoms with E-state index < -0.39 is 15.9 Å². The largest absolute Gasteiger partial charge is 0.495 e. The highest BCUT2D eigenvalue weighted by atomic mass is 35.5. The van der Waals surface area contributed by atoms with Gasteiger partial charge >= 0.3 is 0 Å². The summed E-state index contributed by atoms with van der Waals surface area (Å²) in [5.41, 5.74) is 0.903. The molecule has 32 heavy (non-hydrogen) atoms. The van der Waals surface area contributed by atoms with Gasteiger partial charge < -0.3 is 14.8 Å². The van der Waals surface area contributed by atoms with Gasteiger partial charge in [0.1, 0.15) is 11.5 Å². The number of sulfonamides is 1. The predicted molar refractivity (Wildman–Crippen MR) is 122 cm³/mol. The van der Waals surface area contributed by atoms with Gasteiger partial charge in [-0.1, -0.05) is 29.3 Å². The first-order valence-electron chi connectivity index (χ1n) is 9.16. The molecule has 0 fully saturated rings. The highest BCUT2D eigenvalue weighted by Crippen LogP contribution is 2.37. The molecule has 0 saturated heterocycles. The van der Waals surface area contributed by atoms with Gasteiger partial charge in [0.2, 0.25) is 0 Å². The van der Waals surface area contributed by atoms with Crippen LogP contribution >= 0.6 is 23.2 Å². The van der Waals surface area contributed by atoms with Crippen molar-refractivity contribution in [1.82, 2.24) is 10.3 Å². The molecule has 2 aromatic carbocycles. The molecule has 1 amide bonds. The molecular formula is C21H19Cl2N3O5S. The maximum absolute atomic E-state index is 13.0. The number of carbonyl (C=O) groups excluding carboxylic acids is 1. The van der Waals surface area contributed by atoms with Gasteiger partial charge in [-0.2, -0.15) is 0 Å². The summed E-state index contributed by atoms with van der Waals surface area (Å²) in [5.74, 6) is 0.00438. The Hall–Kier alpha value is -3.01. The summed E-state index contributed by atoms with van der Waals surface area (Å²) in [6.45, 7) is 0.208. The van der Waals surface area contributed by atoms with Gasteiger partial charge in [-0.05, 0) is 35.9 Å². The van der Waals surface area contributed by atoms with Gasteiger partial charge in [0.15, 0.2) is 0 Å². The number of nitrogens with zero attached hydrogens (tertiary/aromatic N) is 1. The molecule has 3 aromatic rings. The van der Waals surface area contributed by atoms with Crippen molar-refractivity contribution in [3.8, 4) is 11.5 Å². The molecule has 0 aliphatic rings. The second kappa shape index (κ2) is 10.1. The Kier molecular flexibility index (Phi) is 7.44. The number of hydrogen-bond acceptors (Lipinski definition) is 6. The number of rotatable bonds is 8. The molecule has 0 aliphatic carbocycles. The Morgan fingerprint density at radius 1 is 1.03 bits per heavy atom. The first-order chi connectivity index (χ1) is 15.2. The molecular weight excluding hydrogens is 477 g/mol. The van der Waals surface area contributed by atoms with Crippen LogP contribution in [0, 0.1) is 0 Å². The van der Waals surface area contributed by atoms with E-state index >= 15 is 0 Å². The van der Waals surface area contributed by atoms with E-state index in [1.54, 1.807) is 24.5 Å². The second-order valence-electron chi connectivity index (χ2n) is 6.48. The number of carbonyl (C=O) groups is 1. The summed E-state index contributed by atoms with van der Waals surface area (Å²) in [6, 6.07) is 10.2. The van der Waals surface area contributed by atoms with Crippen molar-refractivity contribution in [3.05, 3.63) is 76.0 Å². The van der Waals surface area contributed by atoms with Crippen LogP contribution in [0.3, 0.4) is 0 Å². The fourth-order valence-electron chi connectivity index (χ4n) is 2.77. The summed E-state index contributed by atoms with van der Waals surface area (Å²) >= 11 is 12.3. The number of hydrogen-bond donors (Lipinski definition) is 2. The third kappa shape index (κ3) is 5.42. The van der Waals surface area contributed by atoms with E-state index in [9.17, 15) is 13.2 Å². The molecule has 0 spiro atoms. The average molecular weight is 496 g/mol. The van der Waals surface area contributed by atoms with Crippen LogP contribution < -0.4 is 19.5 Å². The molecule has 0 atom stereocenters. The van der Waals surface area contributed by atoms with E-state index in [0.717, 1.165) is 5.56 Å². The smallest absolute Gasteiger partial charge is 0.262 e. The van der Waals surface area contributed by atoms with E-state index in [1.165, 1.54) is 44.6 Å². The van der Waals surface area contributed by atoms with E-state index in [1.807, 2.05) is 0 Å². The van der Waals surface area contributed by atoms with Crippen molar-refractivity contribution in [1.29, 1.82) is 0 Å². The minimum Gasteiger partial charge on any atom is -0.495 e. The number of nitrogens with one attached hydrogen (secondary N) is 2. The zero-order chi connectivity index (χ0) is 23.3. The lowest BCUT2D eigenvalue weighted by Crippen LogP contribution is -2.24. The fraction of sp³-hybridized carbons (Fsp3) is 0.143. The third-order valence-electron chi connectivity index (χ3n) is 4.39. The average Bonchev–Trinajstić information content (AvgIpc) is 2.78. The Morgan fingerprint density at radius 3 is 2.44 bits per heavy atom. The molecule has 0 radical (unpaired) electrons. The molecule has 0 bridgehead atoms. The van der Waals surface area contributed by atoms with E-state index in [2.05, 4.69) is 15.0 Å². The minimum atomic E-state index is -4.10. The van der Waals surface area contributed by atoms with Gasteiger partial charge in [0.25, 0.3) is 15.9 Å². The zero-order valence-corrected chi connectivity index (χ0v) is 19.4. The van der Waals surface area contributed by atoms with Crippen LogP contribution in [0.1, 0.15) is 15.9 Å². The highest BCUT2D eigenvalue weighted by molar-refractivity contribution is 7.92. The minimum absolute atomic E-state index is 0.0122. The molecule has 1 aromatic heterocycles. The summed E-state index contributed by atoms with van der Waals surface area (Å²) in [7, 11) is -1.29. The standard InChI is InChI=1S/C21H19Cl2N3O5S/c1-30-19-10-20(31-2)18(9-17(19)23)26-32(28,29)14-5-6-16(22)15(8-14)21(27)25-12-13-4-3-7-24-11-13/h3-11,26H,12H2,1-2H3,(H,25,27). The number of anilines is 1. The normalized spacial score (nSPS) is 11.0. The number of aromatic nitrogens is 1. The zero-order valence-electron chi connectivity index (χ0n) is 17.1. The number of ether oxygens (including phenoxy) is 2. The fourth-order valence-corrected chi connectivity index (χ4v) is 4.30. The monoisotopic (exact) mass is 495 g/mol. The molecule has 0 aliphatic heterocycles. The lowest BCUT2D eigenvalue weighted by molar-refractivity contribution is 0.0951. The van der Waals surface area contributed by atoms with Crippen molar-refractivity contribution < 1.29 is 22.7 Å². The first-order valence-corrected chi connectivity index (χ1v) is 11.4. The van der Waals surface area contributed by atoms with E-state index in [-0.39, 0.29) is 38.5 Å². The Labute approximate surface area is 195 Å². The Bertz CT molecular complexity index is 1240. The summed E-state index contributed by atoms with van der Waals surface area (Å²) < 4.78 is 38.7. The number of benzene rings is 2. The molecule has 1 heterocycles. The van der Waals surface area contributed by atoms with Crippen LogP contribution in [0.25, 0.3) is 0 Å². The van der Waals surface area contributed by atoms with Crippen LogP contribution in [0.2, 0.25) is 10.0 Å². The molecule has 168 valence electrons. The molecule has 0 unspecified atom stereocenters. The number of amides is 1. The second-order valence-corrected chi connectivity index (χ2v) is 8.97. The highest BCUT2D eigenvalue weighted by Gasteiger charge is 2.21. The van der Waals surface area contributed by atoms with Crippen molar-refractivity contribution in [3.63, 3.8) is 0 Å². The first kappa shape index (κ1) is 23.6. The Balaban J connectivity index is 1.86. The number of halogens is 2. The van der Waals surface area contributed by atoms with Gasteiger partial charge in [-0.25, -0.2) is 8.42 Å². The van der Waals surface area contributed by atoms with Gasteiger partial charge in [-0.3, -0.25) is 14.5 Å². The predicted octanol–water partition coefficient (Wildman–Crippen LogP) is 4.14. The van der Waals surface area contributed by atoms with Gasteiger partial charge in [-0.15, -0.1) is 0 Å². The molecule has 11 heteroatoms. The summed E-state index contributed by atoms with van der Waals surface area (Å²) in [4.78, 5) is 16.4. The maximum atomic E-state index is 13.0. The van der Waals surface area contributed by atoms with Crippen LogP contribution in [0.5, 0.6) is 11.5 Å². The van der Waals surface area contributed by atoms with E-state index in [4.69, 9.17) is 32.7 Å². The lowest BCUT2D eigenvalue weighted by Gasteiger charge is -2.15.